The van der Waals surface area contributed by atoms with E-state index in [0.29, 0.717) is 17.7 Å². The summed E-state index contributed by atoms with van der Waals surface area (Å²) < 4.78 is 11.6. The topological polar surface area (TPSA) is 52.6 Å². The molecule has 4 nitrogen and oxygen atoms in total. The summed E-state index contributed by atoms with van der Waals surface area (Å²) in [5.74, 6) is 0.335. The first-order valence-corrected chi connectivity index (χ1v) is 10.0. The number of carbonyl (C=O) groups excluding carboxylic acids is 2. The van der Waals surface area contributed by atoms with Gasteiger partial charge in [-0.05, 0) is 76.2 Å². The van der Waals surface area contributed by atoms with E-state index in [-0.39, 0.29) is 11.8 Å². The number of hydrogen-bond acceptors (Lipinski definition) is 4. The van der Waals surface area contributed by atoms with Crippen molar-refractivity contribution >= 4 is 40.4 Å². The first-order chi connectivity index (χ1) is 14.0. The van der Waals surface area contributed by atoms with Crippen molar-refractivity contribution in [3.05, 3.63) is 105 Å². The summed E-state index contributed by atoms with van der Waals surface area (Å²) in [5, 5.41) is 0. The van der Waals surface area contributed by atoms with E-state index in [1.165, 1.54) is 7.11 Å². The number of carbonyl (C=O) groups is 2. The van der Waals surface area contributed by atoms with Crippen LogP contribution in [0.1, 0.15) is 31.8 Å². The number of allylic oxidation sites excluding steroid dienone is 1. The highest BCUT2D eigenvalue weighted by Gasteiger charge is 2.05. The predicted octanol–water partition coefficient (Wildman–Crippen LogP) is 5.55. The Kier molecular flexibility index (Phi) is 7.19. The maximum absolute atomic E-state index is 12.2. The average molecular weight is 498 g/mol. The van der Waals surface area contributed by atoms with Crippen LogP contribution in [0.15, 0.2) is 78.9 Å². The molecule has 0 amide bonds. The summed E-state index contributed by atoms with van der Waals surface area (Å²) in [7, 11) is 1.36. The number of halogens is 1. The van der Waals surface area contributed by atoms with Crippen LogP contribution < -0.4 is 4.74 Å². The fraction of sp³-hybridized carbons (Fsp3) is 0.0833. The van der Waals surface area contributed by atoms with E-state index in [0.717, 1.165) is 20.4 Å². The van der Waals surface area contributed by atoms with Gasteiger partial charge in [0.2, 0.25) is 0 Å². The van der Waals surface area contributed by atoms with Crippen molar-refractivity contribution in [2.75, 3.05) is 7.11 Å². The largest absolute Gasteiger partial charge is 0.489 e. The van der Waals surface area contributed by atoms with Gasteiger partial charge in [0.05, 0.1) is 12.7 Å². The average Bonchev–Trinajstić information content (AvgIpc) is 2.77. The molecule has 0 unspecified atom stereocenters. The molecule has 0 spiro atoms. The Balaban J connectivity index is 1.55. The zero-order valence-electron chi connectivity index (χ0n) is 15.8. The number of rotatable bonds is 7. The van der Waals surface area contributed by atoms with Gasteiger partial charge in [0, 0.05) is 9.13 Å². The van der Waals surface area contributed by atoms with E-state index < -0.39 is 0 Å². The van der Waals surface area contributed by atoms with Crippen LogP contribution in [0, 0.1) is 3.57 Å². The lowest BCUT2D eigenvalue weighted by Crippen LogP contribution is -2.01. The molecular formula is C24H19IO4. The van der Waals surface area contributed by atoms with Gasteiger partial charge in [-0.15, -0.1) is 0 Å². The summed E-state index contributed by atoms with van der Waals surface area (Å²) in [6.07, 6.45) is 3.36. The van der Waals surface area contributed by atoms with Crippen LogP contribution >= 0.6 is 22.6 Å². The lowest BCUT2D eigenvalue weighted by atomic mass is 10.1. The second kappa shape index (κ2) is 10.0. The van der Waals surface area contributed by atoms with E-state index >= 15 is 0 Å². The highest BCUT2D eigenvalue weighted by molar-refractivity contribution is 14.1. The molecular weight excluding hydrogens is 479 g/mol. The molecule has 0 bridgehead atoms. The zero-order valence-corrected chi connectivity index (χ0v) is 18.0. The van der Waals surface area contributed by atoms with E-state index in [2.05, 4.69) is 27.3 Å². The van der Waals surface area contributed by atoms with E-state index in [1.54, 1.807) is 24.3 Å². The molecule has 0 aliphatic rings. The smallest absolute Gasteiger partial charge is 0.337 e. The van der Waals surface area contributed by atoms with E-state index in [4.69, 9.17) is 4.74 Å². The van der Waals surface area contributed by atoms with Crippen LogP contribution in [-0.4, -0.2) is 18.9 Å². The van der Waals surface area contributed by atoms with Crippen molar-refractivity contribution in [1.82, 2.24) is 0 Å². The molecule has 0 heterocycles. The molecule has 0 N–H and O–H groups in total. The second-order valence-electron chi connectivity index (χ2n) is 6.25. The van der Waals surface area contributed by atoms with Crippen LogP contribution in [0.5, 0.6) is 5.75 Å². The maximum Gasteiger partial charge on any atom is 0.337 e. The number of benzene rings is 3. The van der Waals surface area contributed by atoms with Crippen molar-refractivity contribution in [3.8, 4) is 5.75 Å². The summed E-state index contributed by atoms with van der Waals surface area (Å²) in [6, 6.07) is 22.1. The molecule has 0 aromatic heterocycles. The first-order valence-electron chi connectivity index (χ1n) is 8.93. The lowest BCUT2D eigenvalue weighted by molar-refractivity contribution is 0.0600. The van der Waals surface area contributed by atoms with Crippen LogP contribution in [0.3, 0.4) is 0 Å². The molecule has 0 fully saturated rings. The standard InChI is InChI=1S/C24H19IO4/c1-28-24(27)20-7-2-18(3-8-20)16-29-22-13-4-17(5-14-22)6-15-23(26)19-9-11-21(25)12-10-19/h2-15H,16H2,1H3. The van der Waals surface area contributed by atoms with Crippen molar-refractivity contribution in [1.29, 1.82) is 0 Å². The minimum atomic E-state index is -0.360. The molecule has 146 valence electrons. The Morgan fingerprint density at radius 1 is 0.862 bits per heavy atom. The zero-order chi connectivity index (χ0) is 20.6. The van der Waals surface area contributed by atoms with Gasteiger partial charge in [-0.25, -0.2) is 4.79 Å². The molecule has 5 heteroatoms. The van der Waals surface area contributed by atoms with Crippen molar-refractivity contribution < 1.29 is 19.1 Å². The fourth-order valence-electron chi connectivity index (χ4n) is 2.58. The van der Waals surface area contributed by atoms with Gasteiger partial charge in [0.1, 0.15) is 12.4 Å². The van der Waals surface area contributed by atoms with Crippen LogP contribution in [0.25, 0.3) is 6.08 Å². The minimum absolute atomic E-state index is 0.0304. The number of ether oxygens (including phenoxy) is 2. The normalized spacial score (nSPS) is 10.7. The third-order valence-corrected chi connectivity index (χ3v) is 4.94. The predicted molar refractivity (Wildman–Crippen MR) is 121 cm³/mol. The van der Waals surface area contributed by atoms with Crippen molar-refractivity contribution in [2.45, 2.75) is 6.61 Å². The Labute approximate surface area is 183 Å². The SMILES string of the molecule is COC(=O)c1ccc(COc2ccc(C=CC(=O)c3ccc(I)cc3)cc2)cc1. The summed E-state index contributed by atoms with van der Waals surface area (Å²) in [5.41, 5.74) is 3.04. The Hall–Kier alpha value is -2.93. The fourth-order valence-corrected chi connectivity index (χ4v) is 2.94. The summed E-state index contributed by atoms with van der Waals surface area (Å²) in [6.45, 7) is 0.391. The third-order valence-electron chi connectivity index (χ3n) is 4.22. The Bertz CT molecular complexity index is 1000. The number of esters is 1. The van der Waals surface area contributed by atoms with Gasteiger partial charge in [-0.3, -0.25) is 4.79 Å². The van der Waals surface area contributed by atoms with Crippen LogP contribution in [0.2, 0.25) is 0 Å². The highest BCUT2D eigenvalue weighted by Crippen LogP contribution is 2.16. The van der Waals surface area contributed by atoms with Crippen molar-refractivity contribution in [2.24, 2.45) is 0 Å². The molecule has 29 heavy (non-hydrogen) atoms. The number of hydrogen-bond donors (Lipinski definition) is 0. The molecule has 0 saturated heterocycles. The van der Waals surface area contributed by atoms with E-state index in [9.17, 15) is 9.59 Å². The third kappa shape index (κ3) is 6.02. The van der Waals surface area contributed by atoms with Crippen LogP contribution in [0.4, 0.5) is 0 Å². The Morgan fingerprint density at radius 2 is 1.48 bits per heavy atom. The number of methoxy groups -OCH3 is 1. The van der Waals surface area contributed by atoms with Gasteiger partial charge >= 0.3 is 5.97 Å². The van der Waals surface area contributed by atoms with Gasteiger partial charge in [-0.1, -0.05) is 42.5 Å². The second-order valence-corrected chi connectivity index (χ2v) is 7.50. The lowest BCUT2D eigenvalue weighted by Gasteiger charge is -2.07. The van der Waals surface area contributed by atoms with Gasteiger partial charge in [0.25, 0.3) is 0 Å². The Morgan fingerprint density at radius 3 is 2.10 bits per heavy atom. The van der Waals surface area contributed by atoms with Crippen LogP contribution in [-0.2, 0) is 11.3 Å². The molecule has 0 radical (unpaired) electrons. The minimum Gasteiger partial charge on any atom is -0.489 e. The van der Waals surface area contributed by atoms with E-state index in [1.807, 2.05) is 60.7 Å². The van der Waals surface area contributed by atoms with Gasteiger partial charge in [-0.2, -0.15) is 0 Å². The molecule has 3 rings (SSSR count). The molecule has 0 atom stereocenters. The molecule has 0 aliphatic carbocycles. The number of ketones is 1. The molecule has 0 saturated carbocycles. The monoisotopic (exact) mass is 498 g/mol. The van der Waals surface area contributed by atoms with Gasteiger partial charge < -0.3 is 9.47 Å². The summed E-state index contributed by atoms with van der Waals surface area (Å²) >= 11 is 2.21. The maximum atomic E-state index is 12.2. The molecule has 3 aromatic carbocycles. The molecule has 3 aromatic rings. The van der Waals surface area contributed by atoms with Gasteiger partial charge in [0.15, 0.2) is 5.78 Å². The first kappa shape index (κ1) is 20.8. The highest BCUT2D eigenvalue weighted by atomic mass is 127. The summed E-state index contributed by atoms with van der Waals surface area (Å²) in [4.78, 5) is 23.6. The van der Waals surface area contributed by atoms with Crippen molar-refractivity contribution in [3.63, 3.8) is 0 Å². The quantitative estimate of drug-likeness (QED) is 0.186. The molecule has 0 aliphatic heterocycles.